The van der Waals surface area contributed by atoms with Crippen LogP contribution in [0.1, 0.15) is 13.8 Å². The van der Waals surface area contributed by atoms with Crippen molar-refractivity contribution in [3.8, 4) is 0 Å². The minimum Gasteiger partial charge on any atom is -0.357 e. The van der Waals surface area contributed by atoms with Crippen molar-refractivity contribution in [2.45, 2.75) is 19.9 Å². The average Bonchev–Trinajstić information content (AvgIpc) is 2.36. The molecule has 2 N–H and O–H groups in total. The zero-order valence-corrected chi connectivity index (χ0v) is 13.6. The van der Waals surface area contributed by atoms with Crippen molar-refractivity contribution in [1.29, 1.82) is 0 Å². The summed E-state index contributed by atoms with van der Waals surface area (Å²) in [6, 6.07) is 0.284. The molecule has 7 nitrogen and oxygen atoms in total. The Morgan fingerprint density at radius 1 is 1.00 bits per heavy atom. The molecule has 1 aromatic rings. The van der Waals surface area contributed by atoms with Crippen molar-refractivity contribution >= 4 is 17.8 Å². The van der Waals surface area contributed by atoms with Gasteiger partial charge in [0.25, 0.3) is 0 Å². The fourth-order valence-electron chi connectivity index (χ4n) is 1.72. The molecule has 0 bridgehead atoms. The van der Waals surface area contributed by atoms with Gasteiger partial charge in [0, 0.05) is 33.7 Å². The highest BCUT2D eigenvalue weighted by Gasteiger charge is 2.17. The highest BCUT2D eigenvalue weighted by Crippen LogP contribution is 2.14. The first kappa shape index (κ1) is 16.4. The molecule has 0 saturated heterocycles. The predicted molar refractivity (Wildman–Crippen MR) is 84.5 cm³/mol. The van der Waals surface area contributed by atoms with Crippen LogP contribution in [0.5, 0.6) is 0 Å². The van der Waals surface area contributed by atoms with Crippen LogP contribution in [-0.2, 0) is 0 Å². The smallest absolute Gasteiger partial charge is 0.231 e. The third-order valence-electron chi connectivity index (χ3n) is 2.93. The first-order valence-corrected chi connectivity index (χ1v) is 6.86. The first-order chi connectivity index (χ1) is 9.33. The number of anilines is 3. The van der Waals surface area contributed by atoms with E-state index in [2.05, 4.69) is 58.4 Å². The molecule has 0 aromatic carbocycles. The lowest BCUT2D eigenvalue weighted by molar-refractivity contribution is 0.343. The number of hydrogen-bond acceptors (Lipinski definition) is 7. The molecule has 0 aliphatic heterocycles. The molecule has 0 spiro atoms. The number of rotatable bonds is 7. The Labute approximate surface area is 121 Å². The number of nitrogens with zero attached hydrogens (tertiary/aromatic N) is 5. The fourth-order valence-corrected chi connectivity index (χ4v) is 1.72. The van der Waals surface area contributed by atoms with E-state index in [1.807, 2.05) is 19.0 Å². The molecule has 0 aliphatic rings. The summed E-state index contributed by atoms with van der Waals surface area (Å²) in [6.45, 7) is 5.30. The molecule has 114 valence electrons. The molecular formula is C13H27N7. The largest absolute Gasteiger partial charge is 0.357 e. The van der Waals surface area contributed by atoms with Gasteiger partial charge in [0.1, 0.15) is 0 Å². The van der Waals surface area contributed by atoms with E-state index in [1.165, 1.54) is 0 Å². The quantitative estimate of drug-likeness (QED) is 0.772. The van der Waals surface area contributed by atoms with Crippen LogP contribution in [0.15, 0.2) is 0 Å². The molecule has 20 heavy (non-hydrogen) atoms. The Kier molecular flexibility index (Phi) is 5.94. The van der Waals surface area contributed by atoms with Gasteiger partial charge in [-0.15, -0.1) is 0 Å². The van der Waals surface area contributed by atoms with Crippen molar-refractivity contribution in [1.82, 2.24) is 19.9 Å². The van der Waals surface area contributed by atoms with Crippen LogP contribution < -0.4 is 15.5 Å². The Hall–Kier alpha value is -1.63. The van der Waals surface area contributed by atoms with E-state index >= 15 is 0 Å². The van der Waals surface area contributed by atoms with E-state index in [4.69, 9.17) is 0 Å². The van der Waals surface area contributed by atoms with E-state index in [0.29, 0.717) is 23.8 Å². The van der Waals surface area contributed by atoms with Gasteiger partial charge in [-0.05, 0) is 20.0 Å². The third kappa shape index (κ3) is 4.80. The van der Waals surface area contributed by atoms with Crippen molar-refractivity contribution < 1.29 is 0 Å². The van der Waals surface area contributed by atoms with Gasteiger partial charge in [-0.3, -0.25) is 0 Å². The molecule has 0 aliphatic carbocycles. The van der Waals surface area contributed by atoms with Crippen LogP contribution in [0.25, 0.3) is 0 Å². The summed E-state index contributed by atoms with van der Waals surface area (Å²) in [7, 11) is 9.76. The Bertz CT molecular complexity index is 417. The minimum absolute atomic E-state index is 0.284. The van der Waals surface area contributed by atoms with Gasteiger partial charge < -0.3 is 20.4 Å². The summed E-state index contributed by atoms with van der Waals surface area (Å²) in [5, 5.41) is 6.38. The van der Waals surface area contributed by atoms with Crippen LogP contribution >= 0.6 is 0 Å². The molecule has 7 heteroatoms. The normalized spacial score (nSPS) is 12.7. The van der Waals surface area contributed by atoms with Crippen LogP contribution in [0.2, 0.25) is 0 Å². The highest BCUT2D eigenvalue weighted by atomic mass is 15.3. The van der Waals surface area contributed by atoms with E-state index in [1.54, 1.807) is 7.05 Å². The lowest BCUT2D eigenvalue weighted by Gasteiger charge is -2.26. The Morgan fingerprint density at radius 2 is 1.60 bits per heavy atom. The molecule has 0 amide bonds. The average molecular weight is 281 g/mol. The topological polar surface area (TPSA) is 69.2 Å². The van der Waals surface area contributed by atoms with Crippen LogP contribution in [0.4, 0.5) is 17.8 Å². The molecule has 0 fully saturated rings. The maximum absolute atomic E-state index is 4.44. The van der Waals surface area contributed by atoms with Gasteiger partial charge in [-0.1, -0.05) is 13.8 Å². The van der Waals surface area contributed by atoms with E-state index < -0.39 is 0 Å². The van der Waals surface area contributed by atoms with E-state index in [-0.39, 0.29) is 6.04 Å². The molecular weight excluding hydrogens is 254 g/mol. The molecule has 1 rings (SSSR count). The van der Waals surface area contributed by atoms with Gasteiger partial charge in [0.2, 0.25) is 17.8 Å². The zero-order valence-electron chi connectivity index (χ0n) is 13.6. The summed E-state index contributed by atoms with van der Waals surface area (Å²) < 4.78 is 0. The van der Waals surface area contributed by atoms with Crippen molar-refractivity contribution in [3.63, 3.8) is 0 Å². The molecule has 1 aromatic heterocycles. The number of likely N-dealkylation sites (N-methyl/N-ethyl adjacent to an activating group) is 1. The van der Waals surface area contributed by atoms with Crippen molar-refractivity contribution in [3.05, 3.63) is 0 Å². The second-order valence-corrected chi connectivity index (χ2v) is 5.68. The van der Waals surface area contributed by atoms with Crippen LogP contribution in [-0.4, -0.2) is 67.7 Å². The minimum atomic E-state index is 0.284. The highest BCUT2D eigenvalue weighted by molar-refractivity contribution is 5.43. The maximum atomic E-state index is 4.44. The maximum Gasteiger partial charge on any atom is 0.231 e. The Balaban J connectivity index is 2.96. The lowest BCUT2D eigenvalue weighted by atomic mass is 10.0. The summed E-state index contributed by atoms with van der Waals surface area (Å²) >= 11 is 0. The second-order valence-electron chi connectivity index (χ2n) is 5.68. The second kappa shape index (κ2) is 7.23. The van der Waals surface area contributed by atoms with E-state index in [9.17, 15) is 0 Å². The van der Waals surface area contributed by atoms with Gasteiger partial charge in [0.05, 0.1) is 0 Å². The summed E-state index contributed by atoms with van der Waals surface area (Å²) in [5.41, 5.74) is 0. The van der Waals surface area contributed by atoms with Gasteiger partial charge in [0.15, 0.2) is 0 Å². The number of aromatic nitrogens is 3. The molecule has 0 radical (unpaired) electrons. The van der Waals surface area contributed by atoms with E-state index in [0.717, 1.165) is 6.54 Å². The van der Waals surface area contributed by atoms with Gasteiger partial charge >= 0.3 is 0 Å². The SMILES string of the molecule is CNc1nc(NC(CN(C)C)C(C)C)nc(N(C)C)n1. The molecule has 1 unspecified atom stereocenters. The van der Waals surface area contributed by atoms with Crippen LogP contribution in [0.3, 0.4) is 0 Å². The summed E-state index contributed by atoms with van der Waals surface area (Å²) in [5.74, 6) is 2.29. The summed E-state index contributed by atoms with van der Waals surface area (Å²) in [4.78, 5) is 17.1. The zero-order chi connectivity index (χ0) is 15.3. The predicted octanol–water partition coefficient (Wildman–Crippen LogP) is 0.977. The first-order valence-electron chi connectivity index (χ1n) is 6.86. The molecule has 0 saturated carbocycles. The van der Waals surface area contributed by atoms with Crippen LogP contribution in [0, 0.1) is 5.92 Å². The summed E-state index contributed by atoms with van der Waals surface area (Å²) in [6.07, 6.45) is 0. The number of hydrogen-bond donors (Lipinski definition) is 2. The van der Waals surface area contributed by atoms with Crippen molar-refractivity contribution in [2.75, 3.05) is 57.3 Å². The third-order valence-corrected chi connectivity index (χ3v) is 2.93. The molecule has 1 heterocycles. The number of nitrogens with one attached hydrogen (secondary N) is 2. The molecule has 1 atom stereocenters. The van der Waals surface area contributed by atoms with Gasteiger partial charge in [-0.2, -0.15) is 15.0 Å². The monoisotopic (exact) mass is 281 g/mol. The standard InChI is InChI=1S/C13H27N7/c1-9(2)10(8-19(4)5)15-12-16-11(14-3)17-13(18-12)20(6)7/h9-10H,8H2,1-7H3,(H2,14,15,16,17,18). The van der Waals surface area contributed by atoms with Gasteiger partial charge in [-0.25, -0.2) is 0 Å². The fraction of sp³-hybridized carbons (Fsp3) is 0.769. The Morgan fingerprint density at radius 3 is 2.05 bits per heavy atom. The lowest BCUT2D eigenvalue weighted by Crippen LogP contribution is -2.37. The van der Waals surface area contributed by atoms with Crippen molar-refractivity contribution in [2.24, 2.45) is 5.92 Å².